The van der Waals surface area contributed by atoms with Crippen molar-refractivity contribution in [2.24, 2.45) is 0 Å². The van der Waals surface area contributed by atoms with Crippen molar-refractivity contribution in [1.82, 2.24) is 5.09 Å². The second kappa shape index (κ2) is 7.66. The van der Waals surface area contributed by atoms with Crippen LogP contribution in [0.25, 0.3) is 0 Å². The molecule has 0 heterocycles. The molecular formula is C11H15N2O5P. The smallest absolute Gasteiger partial charge is 0.320 e. The lowest BCUT2D eigenvalue weighted by Gasteiger charge is -2.09. The highest BCUT2D eigenvalue weighted by Gasteiger charge is 2.06. The first-order chi connectivity index (χ1) is 8.99. The molecule has 1 aromatic carbocycles. The third-order valence-corrected chi connectivity index (χ3v) is 2.55. The number of nitrogens with zero attached hydrogens (tertiary/aromatic N) is 1. The molecule has 0 aliphatic carbocycles. The average Bonchev–Trinajstić information content (AvgIpc) is 2.34. The molecule has 104 valence electrons. The van der Waals surface area contributed by atoms with Gasteiger partial charge in [0.2, 0.25) is 0 Å². The topological polar surface area (TPSA) is 90.7 Å². The van der Waals surface area contributed by atoms with E-state index < -0.39 is 4.92 Å². The summed E-state index contributed by atoms with van der Waals surface area (Å²) in [7, 11) is -0.130. The van der Waals surface area contributed by atoms with E-state index in [-0.39, 0.29) is 33.3 Å². The van der Waals surface area contributed by atoms with E-state index in [1.165, 1.54) is 24.3 Å². The van der Waals surface area contributed by atoms with Crippen LogP contribution < -0.4 is 9.61 Å². The van der Waals surface area contributed by atoms with Crippen molar-refractivity contribution in [3.63, 3.8) is 0 Å². The van der Waals surface area contributed by atoms with Gasteiger partial charge < -0.3 is 9.26 Å². The number of nitro groups is 1. The van der Waals surface area contributed by atoms with Crippen molar-refractivity contribution in [3.8, 4) is 5.75 Å². The first kappa shape index (κ1) is 15.3. The zero-order valence-corrected chi connectivity index (χ0v) is 11.6. The summed E-state index contributed by atoms with van der Waals surface area (Å²) in [5.74, 6) is 0.142. The Morgan fingerprint density at radius 1 is 1.42 bits per heavy atom. The molecule has 0 aliphatic rings. The normalized spacial score (nSPS) is 10.9. The van der Waals surface area contributed by atoms with Crippen LogP contribution in [-0.2, 0) is 9.53 Å². The third kappa shape index (κ3) is 6.13. The summed E-state index contributed by atoms with van der Waals surface area (Å²) >= 11 is 0. The number of hydrogen-bond acceptors (Lipinski definition) is 6. The lowest BCUT2D eigenvalue weighted by atomic mass is 10.3. The number of nitro benzene ring substituents is 1. The molecule has 0 saturated carbocycles. The van der Waals surface area contributed by atoms with E-state index in [2.05, 4.69) is 5.09 Å². The number of esters is 1. The number of rotatable bonds is 7. The van der Waals surface area contributed by atoms with Crippen molar-refractivity contribution in [2.45, 2.75) is 20.0 Å². The van der Waals surface area contributed by atoms with Gasteiger partial charge in [0.05, 0.1) is 17.6 Å². The average molecular weight is 286 g/mol. The van der Waals surface area contributed by atoms with E-state index >= 15 is 0 Å². The molecule has 0 bridgehead atoms. The van der Waals surface area contributed by atoms with Crippen LogP contribution in [0.3, 0.4) is 0 Å². The number of ether oxygens (including phenoxy) is 1. The van der Waals surface area contributed by atoms with Crippen LogP contribution in [0.15, 0.2) is 24.3 Å². The fraction of sp³-hybridized carbons (Fsp3) is 0.364. The molecule has 1 N–H and O–H groups in total. The third-order valence-electron chi connectivity index (χ3n) is 1.89. The molecule has 0 aliphatic heterocycles. The molecule has 0 spiro atoms. The summed E-state index contributed by atoms with van der Waals surface area (Å²) in [6, 6.07) is 5.71. The fourth-order valence-corrected chi connectivity index (χ4v) is 1.69. The van der Waals surface area contributed by atoms with Gasteiger partial charge >= 0.3 is 5.97 Å². The summed E-state index contributed by atoms with van der Waals surface area (Å²) in [4.78, 5) is 21.1. The Labute approximate surface area is 112 Å². The van der Waals surface area contributed by atoms with Gasteiger partial charge in [-0.15, -0.1) is 0 Å². The Bertz CT molecular complexity index is 435. The minimum absolute atomic E-state index is 0.00385. The second-order valence-electron chi connectivity index (χ2n) is 3.85. The fourth-order valence-electron chi connectivity index (χ4n) is 1.14. The maximum Gasteiger partial charge on any atom is 0.320 e. The van der Waals surface area contributed by atoms with Gasteiger partial charge in [0.15, 0.2) is 0 Å². The van der Waals surface area contributed by atoms with E-state index in [4.69, 9.17) is 9.26 Å². The summed E-state index contributed by atoms with van der Waals surface area (Å²) in [5, 5.41) is 13.2. The minimum Gasteiger partial charge on any atom is -0.462 e. The van der Waals surface area contributed by atoms with Gasteiger partial charge in [-0.2, -0.15) is 0 Å². The van der Waals surface area contributed by atoms with E-state index in [0.717, 1.165) is 0 Å². The van der Waals surface area contributed by atoms with Crippen LogP contribution in [0.1, 0.15) is 13.8 Å². The number of benzene rings is 1. The summed E-state index contributed by atoms with van der Waals surface area (Å²) in [6.45, 7) is 3.60. The van der Waals surface area contributed by atoms with Crippen LogP contribution in [0.5, 0.6) is 5.75 Å². The van der Waals surface area contributed by atoms with Crippen LogP contribution in [0, 0.1) is 10.1 Å². The Morgan fingerprint density at radius 3 is 2.58 bits per heavy atom. The zero-order valence-electron chi connectivity index (χ0n) is 10.6. The van der Waals surface area contributed by atoms with Crippen molar-refractivity contribution >= 4 is 20.6 Å². The molecule has 7 nitrogen and oxygen atoms in total. The van der Waals surface area contributed by atoms with Crippen LogP contribution in [0.2, 0.25) is 0 Å². The van der Waals surface area contributed by atoms with Gasteiger partial charge in [-0.25, -0.2) is 0 Å². The first-order valence-electron chi connectivity index (χ1n) is 5.57. The molecular weight excluding hydrogens is 271 g/mol. The second-order valence-corrected chi connectivity index (χ2v) is 4.61. The van der Waals surface area contributed by atoms with Gasteiger partial charge in [-0.1, -0.05) is 0 Å². The Kier molecular flexibility index (Phi) is 6.18. The molecule has 0 fully saturated rings. The molecule has 0 aromatic heterocycles. The largest absolute Gasteiger partial charge is 0.462 e. The maximum atomic E-state index is 11.2. The lowest BCUT2D eigenvalue weighted by Crippen LogP contribution is -2.22. The lowest BCUT2D eigenvalue weighted by molar-refractivity contribution is -0.384. The molecule has 0 amide bonds. The van der Waals surface area contributed by atoms with E-state index in [1.54, 1.807) is 13.8 Å². The SMILES string of the molecule is CC(C)OC(=O)CNPOc1ccc([N+](=O)[O-])cc1. The quantitative estimate of drug-likeness (QED) is 0.271. The molecule has 0 radical (unpaired) electrons. The molecule has 1 rings (SSSR count). The van der Waals surface area contributed by atoms with Crippen LogP contribution >= 0.6 is 8.96 Å². The highest BCUT2D eigenvalue weighted by Crippen LogP contribution is 2.21. The highest BCUT2D eigenvalue weighted by molar-refractivity contribution is 7.30. The number of hydrogen-bond donors (Lipinski definition) is 1. The van der Waals surface area contributed by atoms with Gasteiger partial charge in [-0.05, 0) is 26.0 Å². The molecule has 1 atom stereocenters. The van der Waals surface area contributed by atoms with E-state index in [0.29, 0.717) is 5.75 Å². The Hall–Kier alpha value is -1.72. The number of carbonyl (C=O) groups excluding carboxylic acids is 1. The highest BCUT2D eigenvalue weighted by atomic mass is 31.1. The molecule has 19 heavy (non-hydrogen) atoms. The van der Waals surface area contributed by atoms with Gasteiger partial charge in [-0.3, -0.25) is 20.0 Å². The van der Waals surface area contributed by atoms with Crippen LogP contribution in [-0.4, -0.2) is 23.5 Å². The minimum atomic E-state index is -0.480. The predicted molar refractivity (Wildman–Crippen MR) is 71.3 cm³/mol. The summed E-state index contributed by atoms with van der Waals surface area (Å²) < 4.78 is 10.2. The van der Waals surface area contributed by atoms with Crippen molar-refractivity contribution in [3.05, 3.63) is 34.4 Å². The number of non-ortho nitro benzene ring substituents is 1. The van der Waals surface area contributed by atoms with Crippen molar-refractivity contribution < 1.29 is 19.0 Å². The number of carbonyl (C=O) groups is 1. The zero-order chi connectivity index (χ0) is 14.3. The van der Waals surface area contributed by atoms with Gasteiger partial charge in [0, 0.05) is 12.1 Å². The summed E-state index contributed by atoms with van der Waals surface area (Å²) in [5.41, 5.74) is 0.00385. The predicted octanol–water partition coefficient (Wildman–Crippen LogP) is 2.02. The van der Waals surface area contributed by atoms with E-state index in [9.17, 15) is 14.9 Å². The van der Waals surface area contributed by atoms with E-state index in [1.807, 2.05) is 0 Å². The molecule has 1 aromatic rings. The Morgan fingerprint density at radius 2 is 2.05 bits per heavy atom. The standard InChI is InChI=1S/C11H15N2O5P/c1-8(2)17-11(14)7-12-19-18-10-5-3-9(4-6-10)13(15)16/h3-6,8,12,19H,7H2,1-2H3. The van der Waals surface area contributed by atoms with Crippen molar-refractivity contribution in [2.75, 3.05) is 6.54 Å². The number of nitrogens with one attached hydrogen (secondary N) is 1. The van der Waals surface area contributed by atoms with Crippen LogP contribution in [0.4, 0.5) is 5.69 Å². The first-order valence-corrected chi connectivity index (χ1v) is 6.48. The van der Waals surface area contributed by atoms with Gasteiger partial charge in [0.25, 0.3) is 5.69 Å². The van der Waals surface area contributed by atoms with Crippen molar-refractivity contribution in [1.29, 1.82) is 0 Å². The van der Waals surface area contributed by atoms with Gasteiger partial charge in [0.1, 0.15) is 14.7 Å². The molecule has 1 unspecified atom stereocenters. The maximum absolute atomic E-state index is 11.2. The molecule has 0 saturated heterocycles. The Balaban J connectivity index is 2.26. The monoisotopic (exact) mass is 286 g/mol. The summed E-state index contributed by atoms with van der Waals surface area (Å²) in [6.07, 6.45) is -0.145. The molecule has 8 heteroatoms.